The first kappa shape index (κ1) is 16.3. The summed E-state index contributed by atoms with van der Waals surface area (Å²) in [5.41, 5.74) is 3.17. The van der Waals surface area contributed by atoms with E-state index in [2.05, 4.69) is 30.8 Å². The number of nitrogens with zero attached hydrogens (tertiary/aromatic N) is 4. The highest BCUT2D eigenvalue weighted by molar-refractivity contribution is 5.77. The highest BCUT2D eigenvalue weighted by atomic mass is 16.2. The van der Waals surface area contributed by atoms with Crippen LogP contribution in [0, 0.1) is 0 Å². The topological polar surface area (TPSA) is 65.1 Å². The van der Waals surface area contributed by atoms with Crippen molar-refractivity contribution in [3.63, 3.8) is 0 Å². The zero-order chi connectivity index (χ0) is 17.3. The normalized spacial score (nSPS) is 19.8. The number of aromatic amines is 1. The van der Waals surface area contributed by atoms with Crippen LogP contribution in [-0.4, -0.2) is 50.3 Å². The van der Waals surface area contributed by atoms with E-state index in [1.807, 2.05) is 25.3 Å². The van der Waals surface area contributed by atoms with Crippen molar-refractivity contribution < 1.29 is 4.79 Å². The van der Waals surface area contributed by atoms with Gasteiger partial charge < -0.3 is 9.88 Å². The third-order valence-corrected chi connectivity index (χ3v) is 5.66. The van der Waals surface area contributed by atoms with Gasteiger partial charge in [0.05, 0.1) is 23.3 Å². The number of imidazole rings is 1. The van der Waals surface area contributed by atoms with E-state index in [9.17, 15) is 4.79 Å². The second-order valence-electron chi connectivity index (χ2n) is 7.01. The van der Waals surface area contributed by atoms with Gasteiger partial charge in [-0.15, -0.1) is 0 Å². The number of rotatable bonds is 3. The van der Waals surface area contributed by atoms with Gasteiger partial charge in [-0.2, -0.15) is 0 Å². The van der Waals surface area contributed by atoms with E-state index in [0.717, 1.165) is 56.8 Å². The van der Waals surface area contributed by atoms with E-state index in [-0.39, 0.29) is 11.4 Å². The molecule has 0 atom stereocenters. The fourth-order valence-corrected chi connectivity index (χ4v) is 4.34. The van der Waals surface area contributed by atoms with Crippen molar-refractivity contribution in [2.45, 2.75) is 44.7 Å². The number of H-pyrrole nitrogens is 1. The number of likely N-dealkylation sites (tertiary alicyclic amines) is 1. The molecule has 0 radical (unpaired) electrons. The predicted octanol–water partition coefficient (Wildman–Crippen LogP) is 2.09. The molecule has 0 saturated carbocycles. The molecule has 132 valence electrons. The van der Waals surface area contributed by atoms with E-state index >= 15 is 0 Å². The number of aromatic nitrogens is 3. The summed E-state index contributed by atoms with van der Waals surface area (Å²) in [6.07, 6.45) is 6.93. The monoisotopic (exact) mass is 339 g/mol. The quantitative estimate of drug-likeness (QED) is 0.930. The fraction of sp³-hybridized carbons (Fsp3) is 0.526. The zero-order valence-electron chi connectivity index (χ0n) is 14.7. The molecule has 1 N–H and O–H groups in total. The predicted molar refractivity (Wildman–Crippen MR) is 94.7 cm³/mol. The van der Waals surface area contributed by atoms with Gasteiger partial charge in [-0.25, -0.2) is 4.98 Å². The average molecular weight is 339 g/mol. The maximum atomic E-state index is 12.6. The van der Waals surface area contributed by atoms with E-state index in [1.54, 1.807) is 6.33 Å². The first-order valence-corrected chi connectivity index (χ1v) is 9.18. The molecular formula is C19H25N5O. The zero-order valence-corrected chi connectivity index (χ0v) is 14.7. The minimum atomic E-state index is -0.235. The number of carbonyl (C=O) groups excluding carboxylic acids is 1. The first-order chi connectivity index (χ1) is 12.2. The van der Waals surface area contributed by atoms with E-state index in [1.165, 1.54) is 5.69 Å². The highest BCUT2D eigenvalue weighted by Crippen LogP contribution is 2.42. The molecule has 1 fully saturated rings. The Hall–Kier alpha value is -2.21. The smallest absolute Gasteiger partial charge is 0.223 e. The van der Waals surface area contributed by atoms with Crippen LogP contribution in [0.4, 0.5) is 0 Å². The van der Waals surface area contributed by atoms with E-state index in [4.69, 9.17) is 0 Å². The van der Waals surface area contributed by atoms with E-state index < -0.39 is 0 Å². The summed E-state index contributed by atoms with van der Waals surface area (Å²) in [5, 5.41) is 0. The lowest BCUT2D eigenvalue weighted by Crippen LogP contribution is -2.58. The number of amides is 1. The molecule has 0 aromatic carbocycles. The summed E-state index contributed by atoms with van der Waals surface area (Å²) in [4.78, 5) is 29.5. The van der Waals surface area contributed by atoms with Crippen LogP contribution in [0.15, 0.2) is 30.7 Å². The van der Waals surface area contributed by atoms with Crippen LogP contribution in [-0.2, 0) is 23.3 Å². The van der Waals surface area contributed by atoms with Crippen LogP contribution >= 0.6 is 0 Å². The van der Waals surface area contributed by atoms with Gasteiger partial charge in [-0.3, -0.25) is 14.7 Å². The summed E-state index contributed by atoms with van der Waals surface area (Å²) < 4.78 is 0. The molecule has 1 amide bonds. The van der Waals surface area contributed by atoms with Gasteiger partial charge in [-0.05, 0) is 25.0 Å². The molecule has 2 aliphatic heterocycles. The number of hydrogen-bond donors (Lipinski definition) is 1. The molecule has 2 aliphatic rings. The summed E-state index contributed by atoms with van der Waals surface area (Å²) in [7, 11) is 0. The Labute approximate surface area is 148 Å². The van der Waals surface area contributed by atoms with Crippen molar-refractivity contribution in [3.05, 3.63) is 47.8 Å². The molecule has 6 nitrogen and oxygen atoms in total. The standard InChI is InChI=1S/C19H25N5O/c1-2-17(25)24-10-6-16-18(22-14-21-16)19(24)7-11-23(12-8-19)13-15-5-3-4-9-20-15/h3-5,9,14H,2,6-8,10-13H2,1H3,(H,21,22). The largest absolute Gasteiger partial charge is 0.348 e. The SMILES string of the molecule is CCC(=O)N1CCc2[nH]cnc2C12CCN(Cc1ccccn1)CC2. The summed E-state index contributed by atoms with van der Waals surface area (Å²) in [6.45, 7) is 5.52. The summed E-state index contributed by atoms with van der Waals surface area (Å²) in [5.74, 6) is 0.242. The number of hydrogen-bond acceptors (Lipinski definition) is 4. The van der Waals surface area contributed by atoms with Crippen molar-refractivity contribution in [2.24, 2.45) is 0 Å². The minimum absolute atomic E-state index is 0.235. The molecule has 0 unspecified atom stereocenters. The Balaban J connectivity index is 1.55. The molecule has 0 aliphatic carbocycles. The lowest BCUT2D eigenvalue weighted by molar-refractivity contribution is -0.141. The summed E-state index contributed by atoms with van der Waals surface area (Å²) in [6, 6.07) is 6.06. The molecule has 0 bridgehead atoms. The molecule has 1 saturated heterocycles. The third-order valence-electron chi connectivity index (χ3n) is 5.66. The van der Waals surface area contributed by atoms with Gasteiger partial charge in [0.1, 0.15) is 0 Å². The number of nitrogens with one attached hydrogen (secondary N) is 1. The average Bonchev–Trinajstić information content (AvgIpc) is 3.14. The molecular weight excluding hydrogens is 314 g/mol. The number of piperidine rings is 1. The van der Waals surface area contributed by atoms with Crippen LogP contribution in [0.2, 0.25) is 0 Å². The first-order valence-electron chi connectivity index (χ1n) is 9.18. The van der Waals surface area contributed by atoms with E-state index in [0.29, 0.717) is 6.42 Å². The van der Waals surface area contributed by atoms with Gasteiger partial charge in [0, 0.05) is 50.9 Å². The number of pyridine rings is 1. The lowest BCUT2D eigenvalue weighted by atomic mass is 9.78. The minimum Gasteiger partial charge on any atom is -0.348 e. The molecule has 1 spiro atoms. The Morgan fingerprint density at radius 3 is 2.80 bits per heavy atom. The molecule has 4 heterocycles. The third kappa shape index (κ3) is 2.84. The second-order valence-corrected chi connectivity index (χ2v) is 7.01. The van der Waals surface area contributed by atoms with Gasteiger partial charge in [0.15, 0.2) is 0 Å². The van der Waals surface area contributed by atoms with Crippen molar-refractivity contribution in [1.29, 1.82) is 0 Å². The molecule has 25 heavy (non-hydrogen) atoms. The van der Waals surface area contributed by atoms with Gasteiger partial charge in [0.25, 0.3) is 0 Å². The van der Waals surface area contributed by atoms with Crippen molar-refractivity contribution in [3.8, 4) is 0 Å². The van der Waals surface area contributed by atoms with Crippen molar-refractivity contribution in [1.82, 2.24) is 24.8 Å². The van der Waals surface area contributed by atoms with Gasteiger partial charge >= 0.3 is 0 Å². The molecule has 2 aromatic rings. The fourth-order valence-electron chi connectivity index (χ4n) is 4.34. The second kappa shape index (κ2) is 6.59. The Morgan fingerprint density at radius 2 is 2.08 bits per heavy atom. The van der Waals surface area contributed by atoms with Gasteiger partial charge in [0.2, 0.25) is 5.91 Å². The highest BCUT2D eigenvalue weighted by Gasteiger charge is 2.48. The van der Waals surface area contributed by atoms with Crippen LogP contribution in [0.25, 0.3) is 0 Å². The number of carbonyl (C=O) groups is 1. The van der Waals surface area contributed by atoms with Crippen LogP contribution in [0.5, 0.6) is 0 Å². The van der Waals surface area contributed by atoms with Gasteiger partial charge in [-0.1, -0.05) is 13.0 Å². The Morgan fingerprint density at radius 1 is 1.24 bits per heavy atom. The van der Waals surface area contributed by atoms with Crippen LogP contribution in [0.3, 0.4) is 0 Å². The molecule has 4 rings (SSSR count). The number of fused-ring (bicyclic) bond motifs is 2. The van der Waals surface area contributed by atoms with Crippen molar-refractivity contribution >= 4 is 5.91 Å². The maximum absolute atomic E-state index is 12.6. The lowest BCUT2D eigenvalue weighted by Gasteiger charge is -2.50. The van der Waals surface area contributed by atoms with Crippen LogP contribution in [0.1, 0.15) is 43.3 Å². The molecule has 2 aromatic heterocycles. The van der Waals surface area contributed by atoms with Crippen molar-refractivity contribution in [2.75, 3.05) is 19.6 Å². The van der Waals surface area contributed by atoms with Crippen LogP contribution < -0.4 is 0 Å². The Bertz CT molecular complexity index is 733. The maximum Gasteiger partial charge on any atom is 0.223 e. The summed E-state index contributed by atoms with van der Waals surface area (Å²) >= 11 is 0. The molecule has 6 heteroatoms. The Kier molecular flexibility index (Phi) is 4.29.